The van der Waals surface area contributed by atoms with Gasteiger partial charge in [0.25, 0.3) is 0 Å². The van der Waals surface area contributed by atoms with Crippen LogP contribution in [-0.2, 0) is 22.6 Å². The van der Waals surface area contributed by atoms with E-state index < -0.39 is 6.29 Å². The van der Waals surface area contributed by atoms with Crippen LogP contribution >= 0.6 is 0 Å². The highest BCUT2D eigenvalue weighted by Crippen LogP contribution is 2.39. The molecule has 1 heterocycles. The quantitative estimate of drug-likeness (QED) is 0.261. The fourth-order valence-electron chi connectivity index (χ4n) is 5.24. The fourth-order valence-corrected chi connectivity index (χ4v) is 5.24. The van der Waals surface area contributed by atoms with E-state index in [0.717, 1.165) is 46.3 Å². The lowest BCUT2D eigenvalue weighted by molar-refractivity contribution is -0.253. The summed E-state index contributed by atoms with van der Waals surface area (Å²) < 4.78 is 13.2. The minimum Gasteiger partial charge on any atom is -0.392 e. The van der Waals surface area contributed by atoms with Crippen molar-refractivity contribution in [1.82, 2.24) is 4.90 Å². The van der Waals surface area contributed by atoms with Crippen LogP contribution in [0.5, 0.6) is 0 Å². The van der Waals surface area contributed by atoms with Crippen LogP contribution in [0, 0.1) is 0 Å². The van der Waals surface area contributed by atoms with Crippen molar-refractivity contribution < 1.29 is 14.6 Å². The number of benzene rings is 4. The lowest BCUT2D eigenvalue weighted by atomic mass is 9.98. The van der Waals surface area contributed by atoms with Gasteiger partial charge in [-0.25, -0.2) is 0 Å². The summed E-state index contributed by atoms with van der Waals surface area (Å²) in [5.41, 5.74) is 13.5. The summed E-state index contributed by atoms with van der Waals surface area (Å²) in [7, 11) is 2.15. The zero-order valence-corrected chi connectivity index (χ0v) is 22.7. The number of likely N-dealkylation sites (N-methyl/N-ethyl adjacent to an activating group) is 1. The van der Waals surface area contributed by atoms with Crippen LogP contribution < -0.4 is 5.73 Å². The number of hydrogen-bond donors (Lipinski definition) is 2. The first-order valence-electron chi connectivity index (χ1n) is 13.7. The summed E-state index contributed by atoms with van der Waals surface area (Å²) in [5.74, 6) is 0. The van der Waals surface area contributed by atoms with Gasteiger partial charge in [-0.05, 0) is 59.5 Å². The van der Waals surface area contributed by atoms with Crippen molar-refractivity contribution in [2.24, 2.45) is 5.73 Å². The smallest absolute Gasteiger partial charge is 0.184 e. The van der Waals surface area contributed by atoms with Crippen molar-refractivity contribution in [2.45, 2.75) is 51.0 Å². The third-order valence-electron chi connectivity index (χ3n) is 7.70. The number of aliphatic hydroxyl groups is 1. The second kappa shape index (κ2) is 12.7. The number of ether oxygens (including phenoxy) is 2. The van der Waals surface area contributed by atoms with E-state index in [1.54, 1.807) is 0 Å². The van der Waals surface area contributed by atoms with Crippen molar-refractivity contribution in [3.63, 3.8) is 0 Å². The predicted molar refractivity (Wildman–Crippen MR) is 156 cm³/mol. The average Bonchev–Trinajstić information content (AvgIpc) is 3.01. The third-order valence-corrected chi connectivity index (χ3v) is 7.70. The molecule has 3 N–H and O–H groups in total. The van der Waals surface area contributed by atoms with Crippen LogP contribution in [-0.4, -0.2) is 29.7 Å². The molecule has 0 amide bonds. The first-order valence-corrected chi connectivity index (χ1v) is 13.7. The standard InChI is InChI=1S/C34H38N2O3/c1-24(27-9-4-3-5-10-27)36(2)22-32-20-33(28-16-14-25(23-37)15-17-28)39-34(38-32)31-13-7-12-30(19-31)29-11-6-8-26(18-29)21-35/h3-19,24,32-34,37H,20-23,35H2,1-2H3/t24-,32-,33+,34+/m0/s1. The van der Waals surface area contributed by atoms with Gasteiger partial charge < -0.3 is 20.3 Å². The maximum Gasteiger partial charge on any atom is 0.184 e. The summed E-state index contributed by atoms with van der Waals surface area (Å²) in [6, 6.07) is 35.6. The molecule has 0 aliphatic carbocycles. The Hall–Kier alpha value is -3.32. The Kier molecular flexibility index (Phi) is 8.87. The molecule has 202 valence electrons. The van der Waals surface area contributed by atoms with Gasteiger partial charge in [0.05, 0.1) is 18.8 Å². The molecule has 5 nitrogen and oxygen atoms in total. The largest absolute Gasteiger partial charge is 0.392 e. The molecule has 0 saturated carbocycles. The van der Waals surface area contributed by atoms with E-state index in [4.69, 9.17) is 15.2 Å². The first kappa shape index (κ1) is 27.3. The zero-order valence-electron chi connectivity index (χ0n) is 22.7. The number of nitrogens with two attached hydrogens (primary N) is 1. The highest BCUT2D eigenvalue weighted by Gasteiger charge is 2.33. The molecule has 0 bridgehead atoms. The molecule has 39 heavy (non-hydrogen) atoms. The van der Waals surface area contributed by atoms with Gasteiger partial charge in [-0.1, -0.05) is 91.0 Å². The summed E-state index contributed by atoms with van der Waals surface area (Å²) in [6.45, 7) is 3.55. The molecule has 4 aromatic carbocycles. The Morgan fingerprint density at radius 1 is 0.821 bits per heavy atom. The minimum absolute atomic E-state index is 0.0216. The van der Waals surface area contributed by atoms with Gasteiger partial charge in [0.2, 0.25) is 0 Å². The highest BCUT2D eigenvalue weighted by atomic mass is 16.7. The van der Waals surface area contributed by atoms with Crippen molar-refractivity contribution >= 4 is 0 Å². The Morgan fingerprint density at radius 2 is 1.54 bits per heavy atom. The van der Waals surface area contributed by atoms with Crippen molar-refractivity contribution in [3.8, 4) is 11.1 Å². The monoisotopic (exact) mass is 522 g/mol. The van der Waals surface area contributed by atoms with Gasteiger partial charge in [0, 0.05) is 31.1 Å². The maximum atomic E-state index is 9.51. The van der Waals surface area contributed by atoms with Gasteiger partial charge >= 0.3 is 0 Å². The van der Waals surface area contributed by atoms with Crippen LogP contribution in [0.25, 0.3) is 11.1 Å². The topological polar surface area (TPSA) is 68.0 Å². The molecule has 1 fully saturated rings. The molecule has 0 spiro atoms. The van der Waals surface area contributed by atoms with E-state index in [1.165, 1.54) is 5.56 Å². The molecule has 0 aromatic heterocycles. The van der Waals surface area contributed by atoms with Crippen molar-refractivity contribution in [3.05, 3.63) is 131 Å². The van der Waals surface area contributed by atoms with E-state index in [0.29, 0.717) is 6.54 Å². The molecule has 4 atom stereocenters. The Labute approximate surface area is 231 Å². The molecular weight excluding hydrogens is 484 g/mol. The van der Waals surface area contributed by atoms with Crippen molar-refractivity contribution in [2.75, 3.05) is 13.6 Å². The van der Waals surface area contributed by atoms with E-state index in [9.17, 15) is 5.11 Å². The van der Waals surface area contributed by atoms with Crippen LogP contribution in [0.4, 0.5) is 0 Å². The van der Waals surface area contributed by atoms with Gasteiger partial charge in [-0.3, -0.25) is 4.90 Å². The number of rotatable bonds is 9. The second-order valence-electron chi connectivity index (χ2n) is 10.4. The normalized spacial score (nSPS) is 20.2. The number of hydrogen-bond acceptors (Lipinski definition) is 5. The lowest BCUT2D eigenvalue weighted by Gasteiger charge is -2.39. The molecule has 1 aliphatic rings. The molecular formula is C34H38N2O3. The second-order valence-corrected chi connectivity index (χ2v) is 10.4. The predicted octanol–water partition coefficient (Wildman–Crippen LogP) is 6.54. The van der Waals surface area contributed by atoms with Crippen LogP contribution in [0.2, 0.25) is 0 Å². The third kappa shape index (κ3) is 6.64. The van der Waals surface area contributed by atoms with Gasteiger partial charge in [-0.15, -0.1) is 0 Å². The van der Waals surface area contributed by atoms with Gasteiger partial charge in [0.1, 0.15) is 0 Å². The van der Waals surface area contributed by atoms with Crippen LogP contribution in [0.3, 0.4) is 0 Å². The van der Waals surface area contributed by atoms with Crippen LogP contribution in [0.15, 0.2) is 103 Å². The minimum atomic E-state index is -0.496. The van der Waals surface area contributed by atoms with E-state index in [-0.39, 0.29) is 24.9 Å². The Morgan fingerprint density at radius 3 is 2.26 bits per heavy atom. The average molecular weight is 523 g/mol. The molecule has 5 rings (SSSR count). The molecule has 0 unspecified atom stereocenters. The fraction of sp³-hybridized carbons (Fsp3) is 0.294. The molecule has 4 aromatic rings. The number of aliphatic hydroxyl groups excluding tert-OH is 1. The lowest BCUT2D eigenvalue weighted by Crippen LogP contribution is -2.38. The molecule has 1 aliphatic heterocycles. The van der Waals surface area contributed by atoms with E-state index in [1.807, 2.05) is 24.3 Å². The maximum absolute atomic E-state index is 9.51. The Bertz CT molecular complexity index is 1340. The molecule has 5 heteroatoms. The van der Waals surface area contributed by atoms with Gasteiger partial charge in [-0.2, -0.15) is 0 Å². The molecule has 0 radical (unpaired) electrons. The van der Waals surface area contributed by atoms with E-state index in [2.05, 4.69) is 97.7 Å². The SMILES string of the molecule is C[C@@H](c1ccccc1)N(C)C[C@@H]1C[C@H](c2ccc(CO)cc2)O[C@H](c2cccc(-c3cccc(CN)c3)c2)O1. The highest BCUT2D eigenvalue weighted by molar-refractivity contribution is 5.65. The van der Waals surface area contributed by atoms with E-state index >= 15 is 0 Å². The Balaban J connectivity index is 1.41. The van der Waals surface area contributed by atoms with Crippen LogP contribution in [0.1, 0.15) is 59.6 Å². The summed E-state index contributed by atoms with van der Waals surface area (Å²) in [6.07, 6.45) is 0.112. The van der Waals surface area contributed by atoms with Gasteiger partial charge in [0.15, 0.2) is 6.29 Å². The summed E-state index contributed by atoms with van der Waals surface area (Å²) >= 11 is 0. The number of nitrogens with zero attached hydrogens (tertiary/aromatic N) is 1. The first-order chi connectivity index (χ1) is 19.0. The summed E-state index contributed by atoms with van der Waals surface area (Å²) in [4.78, 5) is 2.35. The molecule has 1 saturated heterocycles. The zero-order chi connectivity index (χ0) is 27.2. The van der Waals surface area contributed by atoms with Crippen molar-refractivity contribution in [1.29, 1.82) is 0 Å². The summed E-state index contributed by atoms with van der Waals surface area (Å²) in [5, 5.41) is 9.51.